The third-order valence-electron chi connectivity index (χ3n) is 1.21. The molecule has 0 atom stereocenters. The van der Waals surface area contributed by atoms with Gasteiger partial charge in [0.1, 0.15) is 11.6 Å². The van der Waals surface area contributed by atoms with Gasteiger partial charge in [-0.2, -0.15) is 0 Å². The Morgan fingerprint density at radius 1 is 0.909 bits per heavy atom. The first-order chi connectivity index (χ1) is 5.20. The lowest BCUT2D eigenvalue weighted by Crippen LogP contribution is -2.03. The van der Waals surface area contributed by atoms with Crippen LogP contribution in [0.15, 0.2) is 0 Å². The lowest BCUT2D eigenvalue weighted by Gasteiger charge is -1.94. The van der Waals surface area contributed by atoms with E-state index < -0.39 is 0 Å². The van der Waals surface area contributed by atoms with Crippen molar-refractivity contribution in [1.29, 1.82) is 0 Å². The molecule has 4 heteroatoms. The highest BCUT2D eigenvalue weighted by Crippen LogP contribution is 1.99. The fourth-order valence-corrected chi connectivity index (χ4v) is 0.884. The van der Waals surface area contributed by atoms with Gasteiger partial charge in [-0.3, -0.25) is 9.59 Å². The number of alkyl halides is 2. The maximum absolute atomic E-state index is 10.6. The number of hydrogen-bond donors (Lipinski definition) is 0. The molecule has 0 bridgehead atoms. The Balaban J connectivity index is 3.27. The van der Waals surface area contributed by atoms with Crippen molar-refractivity contribution in [3.8, 4) is 0 Å². The second-order valence-corrected chi connectivity index (χ2v) is 2.73. The Hall–Kier alpha value is -0.0800. The standard InChI is InChI=1S/C7H10Cl2O2/c8-4-6(10)2-1-3-7(11)5-9/h1-5H2. The molecule has 0 radical (unpaired) electrons. The average Bonchev–Trinajstić information content (AvgIpc) is 2.04. The van der Waals surface area contributed by atoms with Gasteiger partial charge >= 0.3 is 0 Å². The first-order valence-electron chi connectivity index (χ1n) is 3.36. The van der Waals surface area contributed by atoms with E-state index in [1.165, 1.54) is 0 Å². The van der Waals surface area contributed by atoms with Crippen LogP contribution in [0.3, 0.4) is 0 Å². The Morgan fingerprint density at radius 2 is 1.27 bits per heavy atom. The lowest BCUT2D eigenvalue weighted by atomic mass is 10.1. The van der Waals surface area contributed by atoms with Crippen molar-refractivity contribution in [3.05, 3.63) is 0 Å². The van der Waals surface area contributed by atoms with E-state index in [-0.39, 0.29) is 23.3 Å². The van der Waals surface area contributed by atoms with Crippen LogP contribution in [0.5, 0.6) is 0 Å². The molecule has 0 aromatic heterocycles. The minimum atomic E-state index is -0.0194. The molecule has 0 aliphatic carbocycles. The Kier molecular flexibility index (Phi) is 6.57. The van der Waals surface area contributed by atoms with Crippen LogP contribution >= 0.6 is 23.2 Å². The van der Waals surface area contributed by atoms with Gasteiger partial charge in [0, 0.05) is 12.8 Å². The van der Waals surface area contributed by atoms with E-state index in [1.54, 1.807) is 0 Å². The van der Waals surface area contributed by atoms with Gasteiger partial charge in [0.25, 0.3) is 0 Å². The van der Waals surface area contributed by atoms with Crippen LogP contribution < -0.4 is 0 Å². The number of Topliss-reactive ketones (excluding diaryl/α,β-unsaturated/α-hetero) is 2. The summed E-state index contributed by atoms with van der Waals surface area (Å²) in [6.07, 6.45) is 1.33. The second kappa shape index (κ2) is 6.62. The summed E-state index contributed by atoms with van der Waals surface area (Å²) < 4.78 is 0. The Bertz CT molecular complexity index is 129. The van der Waals surface area contributed by atoms with Gasteiger partial charge in [0.05, 0.1) is 11.8 Å². The number of hydrogen-bond acceptors (Lipinski definition) is 2. The molecule has 0 aromatic rings. The molecule has 64 valence electrons. The third kappa shape index (κ3) is 6.32. The molecule has 0 fully saturated rings. The number of carbonyl (C=O) groups excluding carboxylic acids is 2. The number of ketones is 2. The SMILES string of the molecule is O=C(CCl)CCCC(=O)CCl. The zero-order chi connectivity index (χ0) is 8.69. The van der Waals surface area contributed by atoms with E-state index in [0.29, 0.717) is 19.3 Å². The molecular formula is C7H10Cl2O2. The molecule has 0 unspecified atom stereocenters. The van der Waals surface area contributed by atoms with E-state index in [0.717, 1.165) is 0 Å². The monoisotopic (exact) mass is 196 g/mol. The summed E-state index contributed by atoms with van der Waals surface area (Å²) in [6, 6.07) is 0. The van der Waals surface area contributed by atoms with Gasteiger partial charge < -0.3 is 0 Å². The van der Waals surface area contributed by atoms with Crippen molar-refractivity contribution in [1.82, 2.24) is 0 Å². The third-order valence-corrected chi connectivity index (χ3v) is 1.81. The van der Waals surface area contributed by atoms with Crippen molar-refractivity contribution < 1.29 is 9.59 Å². The van der Waals surface area contributed by atoms with Crippen molar-refractivity contribution in [2.45, 2.75) is 19.3 Å². The predicted octanol–water partition coefficient (Wildman–Crippen LogP) is 1.77. The van der Waals surface area contributed by atoms with Gasteiger partial charge in [-0.1, -0.05) is 0 Å². The summed E-state index contributed by atoms with van der Waals surface area (Å²) in [5.74, 6) is 0.0347. The fourth-order valence-electron chi connectivity index (χ4n) is 0.616. The highest BCUT2D eigenvalue weighted by molar-refractivity contribution is 6.28. The molecule has 0 aromatic carbocycles. The van der Waals surface area contributed by atoms with E-state index in [1.807, 2.05) is 0 Å². The molecule has 0 aliphatic rings. The second-order valence-electron chi connectivity index (χ2n) is 2.20. The van der Waals surface area contributed by atoms with Crippen LogP contribution in [-0.4, -0.2) is 23.3 Å². The molecule has 0 saturated heterocycles. The molecule has 11 heavy (non-hydrogen) atoms. The van der Waals surface area contributed by atoms with Crippen LogP contribution in [0.25, 0.3) is 0 Å². The minimum Gasteiger partial charge on any atom is -0.298 e. The number of carbonyl (C=O) groups is 2. The van der Waals surface area contributed by atoms with E-state index in [2.05, 4.69) is 0 Å². The first kappa shape index (κ1) is 10.9. The van der Waals surface area contributed by atoms with E-state index in [9.17, 15) is 9.59 Å². The summed E-state index contributed by atoms with van der Waals surface area (Å²) in [5.41, 5.74) is 0. The van der Waals surface area contributed by atoms with Gasteiger partial charge in [-0.25, -0.2) is 0 Å². The summed E-state index contributed by atoms with van der Waals surface area (Å²) in [6.45, 7) is 0. The molecular weight excluding hydrogens is 187 g/mol. The minimum absolute atomic E-state index is 0.0194. The zero-order valence-corrected chi connectivity index (χ0v) is 7.62. The highest BCUT2D eigenvalue weighted by atomic mass is 35.5. The lowest BCUT2D eigenvalue weighted by molar-refractivity contribution is -0.117. The van der Waals surface area contributed by atoms with Crippen LogP contribution in [0.4, 0.5) is 0 Å². The summed E-state index contributed by atoms with van der Waals surface area (Å²) >= 11 is 10.5. The summed E-state index contributed by atoms with van der Waals surface area (Å²) in [4.78, 5) is 21.2. The molecule has 0 aliphatic heterocycles. The number of rotatable bonds is 6. The summed E-state index contributed by atoms with van der Waals surface area (Å²) in [7, 11) is 0. The molecule has 0 saturated carbocycles. The van der Waals surface area contributed by atoms with E-state index >= 15 is 0 Å². The maximum atomic E-state index is 10.6. The van der Waals surface area contributed by atoms with Gasteiger partial charge in [-0.15, -0.1) is 23.2 Å². The van der Waals surface area contributed by atoms with Crippen molar-refractivity contribution in [2.75, 3.05) is 11.8 Å². The molecule has 0 N–H and O–H groups in total. The maximum Gasteiger partial charge on any atom is 0.147 e. The number of halogens is 2. The van der Waals surface area contributed by atoms with Crippen molar-refractivity contribution in [3.63, 3.8) is 0 Å². The Labute approximate surface area is 75.9 Å². The topological polar surface area (TPSA) is 34.1 Å². The van der Waals surface area contributed by atoms with Gasteiger partial charge in [0.2, 0.25) is 0 Å². The van der Waals surface area contributed by atoms with Crippen LogP contribution in [0.2, 0.25) is 0 Å². The molecule has 0 rings (SSSR count). The normalized spacial score (nSPS) is 9.64. The van der Waals surface area contributed by atoms with Gasteiger partial charge in [0.15, 0.2) is 0 Å². The summed E-state index contributed by atoms with van der Waals surface area (Å²) in [5, 5.41) is 0. The zero-order valence-electron chi connectivity index (χ0n) is 6.11. The first-order valence-corrected chi connectivity index (χ1v) is 4.43. The van der Waals surface area contributed by atoms with E-state index in [4.69, 9.17) is 23.2 Å². The van der Waals surface area contributed by atoms with Crippen LogP contribution in [-0.2, 0) is 9.59 Å². The highest BCUT2D eigenvalue weighted by Gasteiger charge is 2.02. The average molecular weight is 197 g/mol. The molecule has 0 amide bonds. The largest absolute Gasteiger partial charge is 0.298 e. The quantitative estimate of drug-likeness (QED) is 0.608. The fraction of sp³-hybridized carbons (Fsp3) is 0.714. The van der Waals surface area contributed by atoms with Crippen molar-refractivity contribution >= 4 is 34.8 Å². The van der Waals surface area contributed by atoms with Crippen LogP contribution in [0, 0.1) is 0 Å². The van der Waals surface area contributed by atoms with Gasteiger partial charge in [-0.05, 0) is 6.42 Å². The van der Waals surface area contributed by atoms with Crippen LogP contribution in [0.1, 0.15) is 19.3 Å². The molecule has 0 heterocycles. The smallest absolute Gasteiger partial charge is 0.147 e. The molecule has 2 nitrogen and oxygen atoms in total. The predicted molar refractivity (Wildman–Crippen MR) is 45.3 cm³/mol. The molecule has 0 spiro atoms. The Morgan fingerprint density at radius 3 is 1.55 bits per heavy atom. The van der Waals surface area contributed by atoms with Crippen molar-refractivity contribution in [2.24, 2.45) is 0 Å².